The fourth-order valence-corrected chi connectivity index (χ4v) is 2.80. The molecular weight excluding hydrogens is 344 g/mol. The number of aromatic nitrogens is 3. The number of carbonyl (C=O) groups is 1. The van der Waals surface area contributed by atoms with Crippen LogP contribution in [-0.2, 0) is 6.54 Å². The SMILES string of the molecule is COc1cccc2cc(C(=O)NCc3nccnc3-c3cccnc3)oc12. The lowest BCUT2D eigenvalue weighted by Crippen LogP contribution is -2.23. The number of nitrogens with one attached hydrogen (secondary N) is 1. The van der Waals surface area contributed by atoms with E-state index in [1.54, 1.807) is 44.0 Å². The van der Waals surface area contributed by atoms with Crippen LogP contribution in [-0.4, -0.2) is 28.0 Å². The van der Waals surface area contributed by atoms with Crippen molar-refractivity contribution in [3.8, 4) is 17.0 Å². The molecule has 0 spiro atoms. The summed E-state index contributed by atoms with van der Waals surface area (Å²) < 4.78 is 10.9. The molecule has 7 nitrogen and oxygen atoms in total. The molecular formula is C20H16N4O3. The number of pyridine rings is 1. The number of para-hydroxylation sites is 1. The summed E-state index contributed by atoms with van der Waals surface area (Å²) in [5.41, 5.74) is 2.70. The summed E-state index contributed by atoms with van der Waals surface area (Å²) in [5.74, 6) is 0.455. The van der Waals surface area contributed by atoms with Crippen molar-refractivity contribution >= 4 is 16.9 Å². The van der Waals surface area contributed by atoms with Crippen LogP contribution in [0.2, 0.25) is 0 Å². The molecule has 0 aliphatic rings. The molecule has 0 aliphatic carbocycles. The van der Waals surface area contributed by atoms with E-state index in [0.29, 0.717) is 22.7 Å². The van der Waals surface area contributed by atoms with Gasteiger partial charge in [-0.25, -0.2) is 0 Å². The van der Waals surface area contributed by atoms with Crippen LogP contribution in [0.4, 0.5) is 0 Å². The van der Waals surface area contributed by atoms with Crippen LogP contribution >= 0.6 is 0 Å². The summed E-state index contributed by atoms with van der Waals surface area (Å²) in [6, 6.07) is 10.9. The molecule has 0 saturated carbocycles. The average molecular weight is 360 g/mol. The van der Waals surface area contributed by atoms with Crippen molar-refractivity contribution in [3.05, 3.63) is 72.6 Å². The molecule has 7 heteroatoms. The summed E-state index contributed by atoms with van der Waals surface area (Å²) in [7, 11) is 1.56. The summed E-state index contributed by atoms with van der Waals surface area (Å²) >= 11 is 0. The number of fused-ring (bicyclic) bond motifs is 1. The predicted molar refractivity (Wildman–Crippen MR) is 99.2 cm³/mol. The Bertz CT molecular complexity index is 1090. The molecule has 27 heavy (non-hydrogen) atoms. The van der Waals surface area contributed by atoms with Gasteiger partial charge in [-0.15, -0.1) is 0 Å². The van der Waals surface area contributed by atoms with Gasteiger partial charge >= 0.3 is 0 Å². The monoisotopic (exact) mass is 360 g/mol. The molecule has 134 valence electrons. The van der Waals surface area contributed by atoms with E-state index in [2.05, 4.69) is 20.3 Å². The zero-order valence-electron chi connectivity index (χ0n) is 14.5. The van der Waals surface area contributed by atoms with E-state index < -0.39 is 0 Å². The predicted octanol–water partition coefficient (Wildman–Crippen LogP) is 3.22. The number of ether oxygens (including phenoxy) is 1. The molecule has 1 aromatic carbocycles. The van der Waals surface area contributed by atoms with Crippen LogP contribution in [0.15, 0.2) is 65.6 Å². The highest BCUT2D eigenvalue weighted by molar-refractivity contribution is 5.97. The Hall–Kier alpha value is -3.74. The first kappa shape index (κ1) is 16.7. The Kier molecular flexibility index (Phi) is 4.49. The van der Waals surface area contributed by atoms with Gasteiger partial charge in [-0.3, -0.25) is 19.7 Å². The molecule has 0 atom stereocenters. The minimum absolute atomic E-state index is 0.210. The van der Waals surface area contributed by atoms with Gasteiger partial charge in [0, 0.05) is 35.7 Å². The summed E-state index contributed by atoms with van der Waals surface area (Å²) in [4.78, 5) is 25.3. The highest BCUT2D eigenvalue weighted by Gasteiger charge is 2.16. The number of methoxy groups -OCH3 is 1. The number of hydrogen-bond donors (Lipinski definition) is 1. The second-order valence-corrected chi connectivity index (χ2v) is 5.77. The molecule has 4 rings (SSSR count). The Labute approximate surface area is 155 Å². The summed E-state index contributed by atoms with van der Waals surface area (Å²) in [5, 5.41) is 3.63. The van der Waals surface area contributed by atoms with Gasteiger partial charge in [0.15, 0.2) is 17.1 Å². The molecule has 0 fully saturated rings. The van der Waals surface area contributed by atoms with Gasteiger partial charge < -0.3 is 14.5 Å². The minimum atomic E-state index is -0.337. The first-order chi connectivity index (χ1) is 13.3. The highest BCUT2D eigenvalue weighted by atomic mass is 16.5. The van der Waals surface area contributed by atoms with Gasteiger partial charge in [0.1, 0.15) is 0 Å². The Balaban J connectivity index is 1.55. The molecule has 0 bridgehead atoms. The van der Waals surface area contributed by atoms with Crippen LogP contribution in [0, 0.1) is 0 Å². The summed E-state index contributed by atoms with van der Waals surface area (Å²) in [6.45, 7) is 0.213. The van der Waals surface area contributed by atoms with Crippen molar-refractivity contribution in [2.45, 2.75) is 6.54 Å². The molecule has 0 unspecified atom stereocenters. The number of amides is 1. The average Bonchev–Trinajstić information content (AvgIpc) is 3.17. The third kappa shape index (κ3) is 3.35. The van der Waals surface area contributed by atoms with Gasteiger partial charge in [-0.2, -0.15) is 0 Å². The van der Waals surface area contributed by atoms with Gasteiger partial charge in [0.25, 0.3) is 5.91 Å². The minimum Gasteiger partial charge on any atom is -0.493 e. The van der Waals surface area contributed by atoms with Crippen LogP contribution in [0.1, 0.15) is 16.2 Å². The van der Waals surface area contributed by atoms with Crippen molar-refractivity contribution < 1.29 is 13.9 Å². The lowest BCUT2D eigenvalue weighted by atomic mass is 10.1. The van der Waals surface area contributed by atoms with Gasteiger partial charge in [0.2, 0.25) is 0 Å². The first-order valence-corrected chi connectivity index (χ1v) is 8.31. The lowest BCUT2D eigenvalue weighted by molar-refractivity contribution is 0.0924. The van der Waals surface area contributed by atoms with Gasteiger partial charge in [-0.1, -0.05) is 12.1 Å². The van der Waals surface area contributed by atoms with Crippen LogP contribution in [0.25, 0.3) is 22.2 Å². The number of nitrogens with zero attached hydrogens (tertiary/aromatic N) is 3. The van der Waals surface area contributed by atoms with Crippen LogP contribution in [0.5, 0.6) is 5.75 Å². The maximum Gasteiger partial charge on any atom is 0.287 e. The Morgan fingerprint density at radius 2 is 2.04 bits per heavy atom. The standard InChI is InChI=1S/C20H16N4O3/c1-26-16-6-2-4-13-10-17(27-19(13)16)20(25)24-12-15-18(23-9-8-22-15)14-5-3-7-21-11-14/h2-11H,12H2,1H3,(H,24,25). The Morgan fingerprint density at radius 3 is 2.85 bits per heavy atom. The number of hydrogen-bond acceptors (Lipinski definition) is 6. The number of carbonyl (C=O) groups excluding carboxylic acids is 1. The second kappa shape index (κ2) is 7.25. The highest BCUT2D eigenvalue weighted by Crippen LogP contribution is 2.28. The third-order valence-corrected chi connectivity index (χ3v) is 4.08. The molecule has 0 aliphatic heterocycles. The van der Waals surface area contributed by atoms with E-state index in [9.17, 15) is 4.79 Å². The van der Waals surface area contributed by atoms with Crippen molar-refractivity contribution in [3.63, 3.8) is 0 Å². The smallest absolute Gasteiger partial charge is 0.287 e. The van der Waals surface area contributed by atoms with E-state index >= 15 is 0 Å². The molecule has 3 aromatic heterocycles. The van der Waals surface area contributed by atoms with Crippen molar-refractivity contribution in [1.82, 2.24) is 20.3 Å². The molecule has 3 heterocycles. The van der Waals surface area contributed by atoms with E-state index in [-0.39, 0.29) is 18.2 Å². The number of benzene rings is 1. The largest absolute Gasteiger partial charge is 0.493 e. The zero-order chi connectivity index (χ0) is 18.6. The fourth-order valence-electron chi connectivity index (χ4n) is 2.80. The normalized spacial score (nSPS) is 10.7. The van der Waals surface area contributed by atoms with E-state index in [1.807, 2.05) is 24.3 Å². The number of furan rings is 1. The summed E-state index contributed by atoms with van der Waals surface area (Å²) in [6.07, 6.45) is 6.60. The maximum atomic E-state index is 12.5. The van der Waals surface area contributed by atoms with Crippen molar-refractivity contribution in [1.29, 1.82) is 0 Å². The Morgan fingerprint density at radius 1 is 1.15 bits per heavy atom. The van der Waals surface area contributed by atoms with E-state index in [4.69, 9.17) is 9.15 Å². The van der Waals surface area contributed by atoms with E-state index in [0.717, 1.165) is 10.9 Å². The molecule has 1 N–H and O–H groups in total. The van der Waals surface area contributed by atoms with Crippen molar-refractivity contribution in [2.24, 2.45) is 0 Å². The molecule has 0 saturated heterocycles. The van der Waals surface area contributed by atoms with Crippen LogP contribution in [0.3, 0.4) is 0 Å². The van der Waals surface area contributed by atoms with Crippen LogP contribution < -0.4 is 10.1 Å². The molecule has 1 amide bonds. The maximum absolute atomic E-state index is 12.5. The number of rotatable bonds is 5. The zero-order valence-corrected chi connectivity index (χ0v) is 14.5. The fraction of sp³-hybridized carbons (Fsp3) is 0.100. The second-order valence-electron chi connectivity index (χ2n) is 5.77. The van der Waals surface area contributed by atoms with Crippen molar-refractivity contribution in [2.75, 3.05) is 7.11 Å². The topological polar surface area (TPSA) is 90.1 Å². The quantitative estimate of drug-likeness (QED) is 0.588. The molecule has 4 aromatic rings. The lowest BCUT2D eigenvalue weighted by Gasteiger charge is -2.08. The van der Waals surface area contributed by atoms with E-state index in [1.165, 1.54) is 0 Å². The third-order valence-electron chi connectivity index (χ3n) is 4.08. The van der Waals surface area contributed by atoms with Gasteiger partial charge in [0.05, 0.1) is 25.0 Å². The van der Waals surface area contributed by atoms with Gasteiger partial charge in [-0.05, 0) is 24.3 Å². The first-order valence-electron chi connectivity index (χ1n) is 8.31. The molecule has 0 radical (unpaired) electrons.